The molecule has 0 bridgehead atoms. The molecule has 0 spiro atoms. The van der Waals surface area contributed by atoms with Crippen molar-refractivity contribution in [3.63, 3.8) is 0 Å². The van der Waals surface area contributed by atoms with Crippen molar-refractivity contribution < 1.29 is 4.79 Å². The van der Waals surface area contributed by atoms with Crippen LogP contribution in [0, 0.1) is 5.41 Å². The highest BCUT2D eigenvalue weighted by Gasteiger charge is 2.35. The molecule has 0 heterocycles. The van der Waals surface area contributed by atoms with Gasteiger partial charge in [-0.2, -0.15) is 0 Å². The number of nitrogens with two attached hydrogens (primary N) is 1. The number of carbonyl (C=O) groups excluding carboxylic acids is 1. The van der Waals surface area contributed by atoms with E-state index in [-0.39, 0.29) is 17.4 Å². The zero-order chi connectivity index (χ0) is 13.3. The van der Waals surface area contributed by atoms with Gasteiger partial charge in [0, 0.05) is 21.8 Å². The topological polar surface area (TPSA) is 55.1 Å². The minimum absolute atomic E-state index is 0.0332. The standard InChI is InChI=1S/C14H19BrN2O/c1-14(2)7-3-4-12(14)17-13(18)9-5-6-10(15)11(16)8-9/h5-6,8,12H,3-4,7,16H2,1-2H3,(H,17,18). The lowest BCUT2D eigenvalue weighted by molar-refractivity contribution is 0.0910. The molecule has 18 heavy (non-hydrogen) atoms. The molecule has 1 aromatic carbocycles. The molecule has 3 nitrogen and oxygen atoms in total. The molecular weight excluding hydrogens is 292 g/mol. The first-order valence-corrected chi connectivity index (χ1v) is 7.05. The van der Waals surface area contributed by atoms with Crippen LogP contribution >= 0.6 is 15.9 Å². The molecule has 3 N–H and O–H groups in total. The van der Waals surface area contributed by atoms with Gasteiger partial charge >= 0.3 is 0 Å². The van der Waals surface area contributed by atoms with Crippen molar-refractivity contribution in [2.24, 2.45) is 5.41 Å². The molecule has 98 valence electrons. The van der Waals surface area contributed by atoms with E-state index in [9.17, 15) is 4.79 Å². The van der Waals surface area contributed by atoms with Gasteiger partial charge in [0.15, 0.2) is 0 Å². The zero-order valence-electron chi connectivity index (χ0n) is 10.8. The Labute approximate surface area is 116 Å². The van der Waals surface area contributed by atoms with Crippen LogP contribution in [0.3, 0.4) is 0 Å². The van der Waals surface area contributed by atoms with E-state index in [1.54, 1.807) is 12.1 Å². The van der Waals surface area contributed by atoms with Crippen molar-refractivity contribution in [3.05, 3.63) is 28.2 Å². The maximum Gasteiger partial charge on any atom is 0.251 e. The Morgan fingerprint density at radius 2 is 2.22 bits per heavy atom. The number of hydrogen-bond donors (Lipinski definition) is 2. The SMILES string of the molecule is CC1(C)CCCC1NC(=O)c1ccc(Br)c(N)c1. The van der Waals surface area contributed by atoms with Crippen LogP contribution in [-0.2, 0) is 0 Å². The zero-order valence-corrected chi connectivity index (χ0v) is 12.4. The van der Waals surface area contributed by atoms with Crippen molar-refractivity contribution in [2.45, 2.75) is 39.2 Å². The number of hydrogen-bond acceptors (Lipinski definition) is 2. The molecule has 1 fully saturated rings. The van der Waals surface area contributed by atoms with Crippen molar-refractivity contribution in [1.82, 2.24) is 5.32 Å². The van der Waals surface area contributed by atoms with Crippen LogP contribution in [0.2, 0.25) is 0 Å². The lowest BCUT2D eigenvalue weighted by atomic mass is 9.87. The fourth-order valence-corrected chi connectivity index (χ4v) is 2.77. The Balaban J connectivity index is 2.10. The van der Waals surface area contributed by atoms with E-state index in [1.165, 1.54) is 12.8 Å². The largest absolute Gasteiger partial charge is 0.398 e. The highest BCUT2D eigenvalue weighted by Crippen LogP contribution is 2.37. The minimum Gasteiger partial charge on any atom is -0.398 e. The van der Waals surface area contributed by atoms with E-state index in [4.69, 9.17) is 5.73 Å². The van der Waals surface area contributed by atoms with Crippen LogP contribution < -0.4 is 11.1 Å². The smallest absolute Gasteiger partial charge is 0.251 e. The van der Waals surface area contributed by atoms with Crippen LogP contribution in [0.1, 0.15) is 43.5 Å². The molecule has 1 aliphatic carbocycles. The van der Waals surface area contributed by atoms with Crippen molar-refractivity contribution in [3.8, 4) is 0 Å². The third-order valence-corrected chi connectivity index (χ3v) is 4.54. The second-order valence-electron chi connectivity index (χ2n) is 5.64. The van der Waals surface area contributed by atoms with Gasteiger partial charge < -0.3 is 11.1 Å². The predicted octanol–water partition coefficient (Wildman–Crippen LogP) is 3.34. The molecule has 1 aromatic rings. The van der Waals surface area contributed by atoms with Gasteiger partial charge in [0.05, 0.1) is 0 Å². The second-order valence-corrected chi connectivity index (χ2v) is 6.50. The summed E-state index contributed by atoms with van der Waals surface area (Å²) in [6.07, 6.45) is 3.41. The van der Waals surface area contributed by atoms with Crippen molar-refractivity contribution in [1.29, 1.82) is 0 Å². The van der Waals surface area contributed by atoms with Gasteiger partial charge in [-0.25, -0.2) is 0 Å². The Hall–Kier alpha value is -1.03. The van der Waals surface area contributed by atoms with E-state index in [0.29, 0.717) is 11.3 Å². The summed E-state index contributed by atoms with van der Waals surface area (Å²) in [4.78, 5) is 12.2. The van der Waals surface area contributed by atoms with Crippen LogP contribution in [0.5, 0.6) is 0 Å². The summed E-state index contributed by atoms with van der Waals surface area (Å²) in [6.45, 7) is 4.42. The van der Waals surface area contributed by atoms with Gasteiger partial charge in [-0.15, -0.1) is 0 Å². The molecule has 2 rings (SSSR count). The average Bonchev–Trinajstić information content (AvgIpc) is 2.62. The van der Waals surface area contributed by atoms with E-state index >= 15 is 0 Å². The number of rotatable bonds is 2. The first-order valence-electron chi connectivity index (χ1n) is 6.26. The summed E-state index contributed by atoms with van der Waals surface area (Å²) >= 11 is 3.33. The summed E-state index contributed by atoms with van der Waals surface area (Å²) in [5.41, 5.74) is 7.20. The summed E-state index contributed by atoms with van der Waals surface area (Å²) < 4.78 is 0.820. The number of nitrogens with one attached hydrogen (secondary N) is 1. The molecule has 0 aliphatic heterocycles. The Bertz CT molecular complexity index is 471. The normalized spacial score (nSPS) is 21.8. The number of anilines is 1. The molecule has 1 unspecified atom stereocenters. The Morgan fingerprint density at radius 1 is 1.50 bits per heavy atom. The van der Waals surface area contributed by atoms with Crippen LogP contribution in [0.25, 0.3) is 0 Å². The van der Waals surface area contributed by atoms with Crippen LogP contribution in [-0.4, -0.2) is 11.9 Å². The molecule has 0 radical (unpaired) electrons. The number of carbonyl (C=O) groups is 1. The highest BCUT2D eigenvalue weighted by molar-refractivity contribution is 9.10. The van der Waals surface area contributed by atoms with Crippen molar-refractivity contribution >= 4 is 27.5 Å². The Morgan fingerprint density at radius 3 is 2.78 bits per heavy atom. The second kappa shape index (κ2) is 4.92. The first kappa shape index (κ1) is 13.4. The van der Waals surface area contributed by atoms with Crippen molar-refractivity contribution in [2.75, 3.05) is 5.73 Å². The summed E-state index contributed by atoms with van der Waals surface area (Å²) in [7, 11) is 0. The molecular formula is C14H19BrN2O. The van der Waals surface area contributed by atoms with Gasteiger partial charge in [-0.05, 0) is 52.4 Å². The number of benzene rings is 1. The molecule has 0 aromatic heterocycles. The molecule has 1 atom stereocenters. The number of amides is 1. The third-order valence-electron chi connectivity index (χ3n) is 3.82. The van der Waals surface area contributed by atoms with Crippen LogP contribution in [0.15, 0.2) is 22.7 Å². The fraction of sp³-hybridized carbons (Fsp3) is 0.500. The minimum atomic E-state index is -0.0332. The highest BCUT2D eigenvalue weighted by atomic mass is 79.9. The van der Waals surface area contributed by atoms with Gasteiger partial charge in [0.1, 0.15) is 0 Å². The van der Waals surface area contributed by atoms with E-state index in [0.717, 1.165) is 10.9 Å². The van der Waals surface area contributed by atoms with Gasteiger partial charge in [-0.1, -0.05) is 20.3 Å². The maximum atomic E-state index is 12.2. The lowest BCUT2D eigenvalue weighted by Crippen LogP contribution is -2.41. The fourth-order valence-electron chi connectivity index (χ4n) is 2.52. The molecule has 1 aliphatic rings. The average molecular weight is 311 g/mol. The lowest BCUT2D eigenvalue weighted by Gasteiger charge is -2.27. The van der Waals surface area contributed by atoms with E-state index in [2.05, 4.69) is 35.1 Å². The number of halogens is 1. The molecule has 0 saturated heterocycles. The van der Waals surface area contributed by atoms with Gasteiger partial charge in [-0.3, -0.25) is 4.79 Å². The Kier molecular flexibility index (Phi) is 3.66. The molecule has 1 saturated carbocycles. The van der Waals surface area contributed by atoms with E-state index < -0.39 is 0 Å². The monoisotopic (exact) mass is 310 g/mol. The molecule has 1 amide bonds. The maximum absolute atomic E-state index is 12.2. The van der Waals surface area contributed by atoms with E-state index in [1.807, 2.05) is 6.07 Å². The molecule has 4 heteroatoms. The summed E-state index contributed by atoms with van der Waals surface area (Å²) in [5.74, 6) is -0.0332. The predicted molar refractivity (Wildman–Crippen MR) is 77.4 cm³/mol. The van der Waals surface area contributed by atoms with Gasteiger partial charge in [0.2, 0.25) is 0 Å². The number of nitrogen functional groups attached to an aromatic ring is 1. The van der Waals surface area contributed by atoms with Crippen LogP contribution in [0.4, 0.5) is 5.69 Å². The van der Waals surface area contributed by atoms with Gasteiger partial charge in [0.25, 0.3) is 5.91 Å². The third kappa shape index (κ3) is 2.69. The first-order chi connectivity index (χ1) is 8.40. The summed E-state index contributed by atoms with van der Waals surface area (Å²) in [5, 5.41) is 3.12. The quantitative estimate of drug-likeness (QED) is 0.823. The summed E-state index contributed by atoms with van der Waals surface area (Å²) in [6, 6.07) is 5.57.